The maximum atomic E-state index is 6.15. The van der Waals surface area contributed by atoms with E-state index in [0.29, 0.717) is 5.17 Å². The van der Waals surface area contributed by atoms with Gasteiger partial charge in [-0.2, -0.15) is 0 Å². The van der Waals surface area contributed by atoms with Gasteiger partial charge in [0, 0.05) is 5.41 Å². The van der Waals surface area contributed by atoms with Crippen molar-refractivity contribution < 1.29 is 0 Å². The molecule has 1 nitrogen and oxygen atoms in total. The molecule has 0 amide bonds. The van der Waals surface area contributed by atoms with Crippen molar-refractivity contribution in [3.05, 3.63) is 35.9 Å². The number of aliphatic imine (C=N–C) groups is 1. The topological polar surface area (TPSA) is 12.4 Å². The maximum absolute atomic E-state index is 6.15. The summed E-state index contributed by atoms with van der Waals surface area (Å²) in [5, 5.41) is 0.679. The van der Waals surface area contributed by atoms with Crippen LogP contribution in [0.25, 0.3) is 0 Å². The van der Waals surface area contributed by atoms with Crippen LogP contribution in [0.5, 0.6) is 0 Å². The van der Waals surface area contributed by atoms with E-state index in [0.717, 1.165) is 0 Å². The predicted molar refractivity (Wildman–Crippen MR) is 67.6 cm³/mol. The Morgan fingerprint density at radius 1 is 1.20 bits per heavy atom. The first-order chi connectivity index (χ1) is 6.91. The molecular weight excluding hydrogens is 206 g/mol. The second-order valence-electron chi connectivity index (χ2n) is 4.76. The van der Waals surface area contributed by atoms with Gasteiger partial charge < -0.3 is 0 Å². The zero-order valence-corrected chi connectivity index (χ0v) is 10.5. The largest absolute Gasteiger partial charge is 0.269 e. The summed E-state index contributed by atoms with van der Waals surface area (Å²) < 4.78 is 0. The molecule has 1 unspecified atom stereocenters. The van der Waals surface area contributed by atoms with Crippen LogP contribution >= 0.6 is 11.6 Å². The zero-order valence-electron chi connectivity index (χ0n) is 9.79. The van der Waals surface area contributed by atoms with Crippen LogP contribution in [0.4, 0.5) is 0 Å². The molecule has 0 aliphatic carbocycles. The number of hydrogen-bond donors (Lipinski definition) is 0. The molecule has 0 fully saturated rings. The fourth-order valence-corrected chi connectivity index (χ4v) is 1.32. The summed E-state index contributed by atoms with van der Waals surface area (Å²) in [6.07, 6.45) is 0. The molecule has 0 saturated carbocycles. The Bertz CT molecular complexity index is 335. The first-order valence-electron chi connectivity index (χ1n) is 5.20. The van der Waals surface area contributed by atoms with Crippen LogP contribution in [0, 0.1) is 5.41 Å². The number of halogens is 1. The zero-order chi connectivity index (χ0) is 11.5. The standard InChI is InChI=1S/C13H18ClN/c1-10(11-8-6-5-7-9-11)15-12(14)13(2,3)4/h5-10H,1-4H3. The lowest BCUT2D eigenvalue weighted by Crippen LogP contribution is -2.15. The number of benzene rings is 1. The van der Waals surface area contributed by atoms with Crippen LogP contribution < -0.4 is 0 Å². The molecular formula is C13H18ClN. The number of hydrogen-bond acceptors (Lipinski definition) is 1. The molecule has 0 heterocycles. The second-order valence-corrected chi connectivity index (χ2v) is 5.11. The normalized spacial score (nSPS) is 15.1. The van der Waals surface area contributed by atoms with Gasteiger partial charge in [0.1, 0.15) is 5.17 Å². The van der Waals surface area contributed by atoms with E-state index in [1.54, 1.807) is 0 Å². The molecule has 1 aromatic carbocycles. The lowest BCUT2D eigenvalue weighted by atomic mass is 9.98. The van der Waals surface area contributed by atoms with Gasteiger partial charge in [-0.1, -0.05) is 62.7 Å². The van der Waals surface area contributed by atoms with Crippen molar-refractivity contribution in [1.29, 1.82) is 0 Å². The molecule has 0 aliphatic rings. The molecule has 82 valence electrons. The average Bonchev–Trinajstić information content (AvgIpc) is 2.17. The minimum absolute atomic E-state index is 0.0649. The van der Waals surface area contributed by atoms with Gasteiger partial charge >= 0.3 is 0 Å². The van der Waals surface area contributed by atoms with Gasteiger partial charge in [-0.05, 0) is 12.5 Å². The Morgan fingerprint density at radius 3 is 2.20 bits per heavy atom. The molecule has 1 atom stereocenters. The molecule has 15 heavy (non-hydrogen) atoms. The summed E-state index contributed by atoms with van der Waals surface area (Å²) in [7, 11) is 0. The minimum atomic E-state index is -0.0649. The smallest absolute Gasteiger partial charge is 0.106 e. The Morgan fingerprint density at radius 2 is 1.73 bits per heavy atom. The second kappa shape index (κ2) is 4.80. The highest BCUT2D eigenvalue weighted by Gasteiger charge is 2.17. The molecule has 1 rings (SSSR count). The van der Waals surface area contributed by atoms with Crippen molar-refractivity contribution in [3.8, 4) is 0 Å². The van der Waals surface area contributed by atoms with Gasteiger partial charge in [0.15, 0.2) is 0 Å². The maximum Gasteiger partial charge on any atom is 0.106 e. The van der Waals surface area contributed by atoms with Crippen molar-refractivity contribution in [3.63, 3.8) is 0 Å². The Hall–Kier alpha value is -0.820. The van der Waals surface area contributed by atoms with Gasteiger partial charge in [-0.3, -0.25) is 4.99 Å². The Labute approximate surface area is 97.2 Å². The Kier molecular flexibility index (Phi) is 3.92. The van der Waals surface area contributed by atoms with E-state index in [9.17, 15) is 0 Å². The molecule has 0 saturated heterocycles. The van der Waals surface area contributed by atoms with Gasteiger partial charge in [0.05, 0.1) is 6.04 Å². The predicted octanol–water partition coefficient (Wildman–Crippen LogP) is 4.43. The number of nitrogens with zero attached hydrogens (tertiary/aromatic N) is 1. The van der Waals surface area contributed by atoms with Crippen molar-refractivity contribution in [2.24, 2.45) is 10.4 Å². The van der Waals surface area contributed by atoms with E-state index >= 15 is 0 Å². The van der Waals surface area contributed by atoms with Crippen LogP contribution in [-0.4, -0.2) is 5.17 Å². The minimum Gasteiger partial charge on any atom is -0.269 e. The van der Waals surface area contributed by atoms with E-state index < -0.39 is 0 Å². The highest BCUT2D eigenvalue weighted by molar-refractivity contribution is 6.66. The Balaban J connectivity index is 2.84. The van der Waals surface area contributed by atoms with Crippen molar-refractivity contribution in [1.82, 2.24) is 0 Å². The van der Waals surface area contributed by atoms with Crippen molar-refractivity contribution in [2.75, 3.05) is 0 Å². The van der Waals surface area contributed by atoms with Crippen LogP contribution in [0.2, 0.25) is 0 Å². The molecule has 0 aliphatic heterocycles. The molecule has 0 N–H and O–H groups in total. The highest BCUT2D eigenvalue weighted by Crippen LogP contribution is 2.24. The fraction of sp³-hybridized carbons (Fsp3) is 0.462. The van der Waals surface area contributed by atoms with Crippen LogP contribution in [0.3, 0.4) is 0 Å². The monoisotopic (exact) mass is 223 g/mol. The fourth-order valence-electron chi connectivity index (χ4n) is 1.17. The summed E-state index contributed by atoms with van der Waals surface area (Å²) in [6, 6.07) is 10.3. The molecule has 0 aromatic heterocycles. The third-order valence-corrected chi connectivity index (χ3v) is 2.87. The quantitative estimate of drug-likeness (QED) is 0.658. The average molecular weight is 224 g/mol. The third kappa shape index (κ3) is 3.67. The van der Waals surface area contributed by atoms with Crippen LogP contribution in [-0.2, 0) is 0 Å². The van der Waals surface area contributed by atoms with E-state index in [2.05, 4.69) is 44.8 Å². The summed E-state index contributed by atoms with van der Waals surface area (Å²) in [4.78, 5) is 4.50. The third-order valence-electron chi connectivity index (χ3n) is 2.21. The molecule has 0 radical (unpaired) electrons. The lowest BCUT2D eigenvalue weighted by molar-refractivity contribution is 0.592. The molecule has 2 heteroatoms. The van der Waals surface area contributed by atoms with Crippen LogP contribution in [0.15, 0.2) is 35.3 Å². The summed E-state index contributed by atoms with van der Waals surface area (Å²) in [5.41, 5.74) is 1.13. The van der Waals surface area contributed by atoms with Gasteiger partial charge in [0.2, 0.25) is 0 Å². The molecule has 1 aromatic rings. The summed E-state index contributed by atoms with van der Waals surface area (Å²) in [5.74, 6) is 0. The molecule has 0 spiro atoms. The highest BCUT2D eigenvalue weighted by atomic mass is 35.5. The van der Waals surface area contributed by atoms with Crippen LogP contribution in [0.1, 0.15) is 39.3 Å². The van der Waals surface area contributed by atoms with Gasteiger partial charge in [-0.15, -0.1) is 0 Å². The lowest BCUT2D eigenvalue weighted by Gasteiger charge is -2.18. The van der Waals surface area contributed by atoms with E-state index in [1.807, 2.05) is 18.2 Å². The summed E-state index contributed by atoms with van der Waals surface area (Å²) >= 11 is 6.15. The first-order valence-corrected chi connectivity index (χ1v) is 5.58. The molecule has 0 bridgehead atoms. The van der Waals surface area contributed by atoms with E-state index in [-0.39, 0.29) is 11.5 Å². The van der Waals surface area contributed by atoms with Gasteiger partial charge in [0.25, 0.3) is 0 Å². The van der Waals surface area contributed by atoms with E-state index in [4.69, 9.17) is 11.6 Å². The van der Waals surface area contributed by atoms with Gasteiger partial charge in [-0.25, -0.2) is 0 Å². The number of rotatable bonds is 2. The van der Waals surface area contributed by atoms with Crippen molar-refractivity contribution >= 4 is 16.8 Å². The van der Waals surface area contributed by atoms with Crippen molar-refractivity contribution in [2.45, 2.75) is 33.7 Å². The summed E-state index contributed by atoms with van der Waals surface area (Å²) in [6.45, 7) is 8.26. The first kappa shape index (κ1) is 12.3. The van der Waals surface area contributed by atoms with E-state index in [1.165, 1.54) is 5.56 Å². The SMILES string of the molecule is CC(N=C(Cl)C(C)(C)C)c1ccccc1.